The SMILES string of the molecule is CCCn1c(C2(CC)CCCNC2)nc2ccc(Cl)cc21. The van der Waals surface area contributed by atoms with Crippen molar-refractivity contribution < 1.29 is 0 Å². The number of benzene rings is 1. The van der Waals surface area contributed by atoms with E-state index in [4.69, 9.17) is 16.6 Å². The van der Waals surface area contributed by atoms with Crippen molar-refractivity contribution in [1.82, 2.24) is 14.9 Å². The van der Waals surface area contributed by atoms with E-state index in [9.17, 15) is 0 Å². The fourth-order valence-corrected chi connectivity index (χ4v) is 3.74. The third-order valence-electron chi connectivity index (χ3n) is 4.78. The highest BCUT2D eigenvalue weighted by Gasteiger charge is 2.36. The Morgan fingerprint density at radius 3 is 2.90 bits per heavy atom. The molecule has 1 aromatic heterocycles. The lowest BCUT2D eigenvalue weighted by molar-refractivity contribution is 0.279. The second kappa shape index (κ2) is 5.98. The molecule has 1 aliphatic heterocycles. The van der Waals surface area contributed by atoms with Gasteiger partial charge >= 0.3 is 0 Å². The van der Waals surface area contributed by atoms with Gasteiger partial charge in [0.05, 0.1) is 11.0 Å². The number of piperidine rings is 1. The minimum absolute atomic E-state index is 0.166. The molecule has 1 aliphatic rings. The lowest BCUT2D eigenvalue weighted by Gasteiger charge is -2.36. The van der Waals surface area contributed by atoms with Gasteiger partial charge < -0.3 is 9.88 Å². The first-order valence-corrected chi connectivity index (χ1v) is 8.45. The highest BCUT2D eigenvalue weighted by atomic mass is 35.5. The van der Waals surface area contributed by atoms with Gasteiger partial charge in [-0.15, -0.1) is 0 Å². The molecule has 114 valence electrons. The molecular weight excluding hydrogens is 282 g/mol. The molecule has 0 bridgehead atoms. The van der Waals surface area contributed by atoms with Crippen molar-refractivity contribution in [3.8, 4) is 0 Å². The van der Waals surface area contributed by atoms with Gasteiger partial charge in [0.1, 0.15) is 5.82 Å². The summed E-state index contributed by atoms with van der Waals surface area (Å²) in [6.45, 7) is 7.67. The number of halogens is 1. The van der Waals surface area contributed by atoms with Crippen molar-refractivity contribution in [2.45, 2.75) is 51.5 Å². The van der Waals surface area contributed by atoms with Crippen LogP contribution in [0.4, 0.5) is 0 Å². The van der Waals surface area contributed by atoms with Crippen LogP contribution < -0.4 is 5.32 Å². The van der Waals surface area contributed by atoms with Crippen LogP contribution in [0.2, 0.25) is 5.02 Å². The Morgan fingerprint density at radius 2 is 2.24 bits per heavy atom. The van der Waals surface area contributed by atoms with Crippen LogP contribution >= 0.6 is 11.6 Å². The van der Waals surface area contributed by atoms with Crippen LogP contribution in [0.15, 0.2) is 18.2 Å². The zero-order valence-corrected chi connectivity index (χ0v) is 13.7. The lowest BCUT2D eigenvalue weighted by Crippen LogP contribution is -2.44. The molecule has 1 unspecified atom stereocenters. The average molecular weight is 306 g/mol. The lowest BCUT2D eigenvalue weighted by atomic mass is 9.77. The molecule has 1 saturated heterocycles. The summed E-state index contributed by atoms with van der Waals surface area (Å²) < 4.78 is 2.40. The van der Waals surface area contributed by atoms with Crippen molar-refractivity contribution in [3.05, 3.63) is 29.0 Å². The van der Waals surface area contributed by atoms with E-state index in [0.717, 1.165) is 43.0 Å². The zero-order valence-electron chi connectivity index (χ0n) is 13.0. The summed E-state index contributed by atoms with van der Waals surface area (Å²) in [5, 5.41) is 4.36. The smallest absolute Gasteiger partial charge is 0.117 e. The first kappa shape index (κ1) is 14.9. The first-order valence-electron chi connectivity index (χ1n) is 8.07. The van der Waals surface area contributed by atoms with Gasteiger partial charge in [-0.25, -0.2) is 4.98 Å². The van der Waals surface area contributed by atoms with Crippen LogP contribution in [0, 0.1) is 0 Å². The van der Waals surface area contributed by atoms with Gasteiger partial charge in [0, 0.05) is 23.5 Å². The van der Waals surface area contributed by atoms with Crippen LogP contribution in [0.1, 0.15) is 45.4 Å². The van der Waals surface area contributed by atoms with E-state index in [1.54, 1.807) is 0 Å². The van der Waals surface area contributed by atoms with E-state index in [-0.39, 0.29) is 5.41 Å². The number of nitrogens with zero attached hydrogens (tertiary/aromatic N) is 2. The van der Waals surface area contributed by atoms with Gasteiger partial charge in [-0.05, 0) is 50.4 Å². The Labute approximate surface area is 131 Å². The first-order chi connectivity index (χ1) is 10.2. The second-order valence-corrected chi connectivity index (χ2v) is 6.57. The number of aromatic nitrogens is 2. The fourth-order valence-electron chi connectivity index (χ4n) is 3.57. The average Bonchev–Trinajstić information content (AvgIpc) is 2.87. The Bertz CT molecular complexity index is 626. The summed E-state index contributed by atoms with van der Waals surface area (Å²) in [7, 11) is 0. The monoisotopic (exact) mass is 305 g/mol. The predicted molar refractivity (Wildman–Crippen MR) is 89.1 cm³/mol. The standard InChI is InChI=1S/C17H24ClN3/c1-3-10-21-15-11-13(18)6-7-14(15)20-16(21)17(4-2)8-5-9-19-12-17/h6-7,11,19H,3-5,8-10,12H2,1-2H3. The molecule has 0 aliphatic carbocycles. The van der Waals surface area contributed by atoms with E-state index in [1.165, 1.54) is 24.2 Å². The van der Waals surface area contributed by atoms with Gasteiger partial charge in [0.25, 0.3) is 0 Å². The Hall–Kier alpha value is -1.06. The Morgan fingerprint density at radius 1 is 1.38 bits per heavy atom. The zero-order chi connectivity index (χ0) is 14.9. The Kier molecular flexibility index (Phi) is 4.23. The molecule has 21 heavy (non-hydrogen) atoms. The van der Waals surface area contributed by atoms with Crippen molar-refractivity contribution in [1.29, 1.82) is 0 Å². The van der Waals surface area contributed by atoms with E-state index < -0.39 is 0 Å². The molecule has 2 aromatic rings. The molecule has 1 fully saturated rings. The maximum atomic E-state index is 6.20. The number of hydrogen-bond acceptors (Lipinski definition) is 2. The maximum Gasteiger partial charge on any atom is 0.117 e. The summed E-state index contributed by atoms with van der Waals surface area (Å²) >= 11 is 6.20. The van der Waals surface area contributed by atoms with Gasteiger partial charge in [-0.2, -0.15) is 0 Å². The molecule has 3 nitrogen and oxygen atoms in total. The molecule has 0 spiro atoms. The number of rotatable bonds is 4. The van der Waals surface area contributed by atoms with Crippen LogP contribution in [-0.4, -0.2) is 22.6 Å². The number of nitrogens with one attached hydrogen (secondary N) is 1. The van der Waals surface area contributed by atoms with Gasteiger partial charge in [0.15, 0.2) is 0 Å². The molecule has 4 heteroatoms. The van der Waals surface area contributed by atoms with Crippen molar-refractivity contribution in [2.75, 3.05) is 13.1 Å². The van der Waals surface area contributed by atoms with Crippen LogP contribution in [0.25, 0.3) is 11.0 Å². The number of aryl methyl sites for hydroxylation is 1. The molecule has 1 atom stereocenters. The van der Waals surface area contributed by atoms with Gasteiger partial charge in [-0.1, -0.05) is 25.4 Å². The normalized spacial score (nSPS) is 22.8. The van der Waals surface area contributed by atoms with Crippen LogP contribution in [0.5, 0.6) is 0 Å². The van der Waals surface area contributed by atoms with E-state index >= 15 is 0 Å². The van der Waals surface area contributed by atoms with Crippen molar-refractivity contribution >= 4 is 22.6 Å². The fraction of sp³-hybridized carbons (Fsp3) is 0.588. The summed E-state index contributed by atoms with van der Waals surface area (Å²) in [6.07, 6.45) is 4.68. The largest absolute Gasteiger partial charge is 0.327 e. The van der Waals surface area contributed by atoms with Crippen LogP contribution in [0.3, 0.4) is 0 Å². The van der Waals surface area contributed by atoms with Crippen LogP contribution in [-0.2, 0) is 12.0 Å². The molecule has 3 rings (SSSR count). The maximum absolute atomic E-state index is 6.20. The highest BCUT2D eigenvalue weighted by molar-refractivity contribution is 6.31. The van der Waals surface area contributed by atoms with E-state index in [1.807, 2.05) is 12.1 Å². The second-order valence-electron chi connectivity index (χ2n) is 6.13. The molecule has 1 N–H and O–H groups in total. The topological polar surface area (TPSA) is 29.9 Å². The molecule has 1 aromatic carbocycles. The highest BCUT2D eigenvalue weighted by Crippen LogP contribution is 2.36. The van der Waals surface area contributed by atoms with E-state index in [2.05, 4.69) is 29.8 Å². The van der Waals surface area contributed by atoms with Crippen molar-refractivity contribution in [2.24, 2.45) is 0 Å². The Balaban J connectivity index is 2.18. The minimum atomic E-state index is 0.166. The number of fused-ring (bicyclic) bond motifs is 1. The number of imidazole rings is 1. The molecular formula is C17H24ClN3. The summed E-state index contributed by atoms with van der Waals surface area (Å²) in [5.41, 5.74) is 2.41. The van der Waals surface area contributed by atoms with Crippen molar-refractivity contribution in [3.63, 3.8) is 0 Å². The molecule has 0 radical (unpaired) electrons. The van der Waals surface area contributed by atoms with E-state index in [0.29, 0.717) is 0 Å². The third-order valence-corrected chi connectivity index (χ3v) is 5.02. The molecule has 0 amide bonds. The van der Waals surface area contributed by atoms with Gasteiger partial charge in [-0.3, -0.25) is 0 Å². The third kappa shape index (κ3) is 2.58. The predicted octanol–water partition coefficient (Wildman–Crippen LogP) is 4.13. The molecule has 0 saturated carbocycles. The summed E-state index contributed by atoms with van der Waals surface area (Å²) in [6, 6.07) is 6.05. The summed E-state index contributed by atoms with van der Waals surface area (Å²) in [4.78, 5) is 5.00. The minimum Gasteiger partial charge on any atom is -0.327 e. The molecule has 2 heterocycles. The quantitative estimate of drug-likeness (QED) is 0.920. The van der Waals surface area contributed by atoms with Gasteiger partial charge in [0.2, 0.25) is 0 Å². The number of hydrogen-bond donors (Lipinski definition) is 1. The summed E-state index contributed by atoms with van der Waals surface area (Å²) in [5.74, 6) is 1.25.